The van der Waals surface area contributed by atoms with Crippen LogP contribution in [0.2, 0.25) is 0 Å². The zero-order chi connectivity index (χ0) is 20.8. The van der Waals surface area contributed by atoms with Crippen LogP contribution in [0, 0.1) is 17.2 Å². The maximum Gasteiger partial charge on any atom is 0.308 e. The minimum atomic E-state index is -0.941. The number of piperidine rings is 1. The van der Waals surface area contributed by atoms with Crippen molar-refractivity contribution < 1.29 is 19.5 Å². The van der Waals surface area contributed by atoms with Gasteiger partial charge in [0.05, 0.1) is 5.92 Å². The highest BCUT2D eigenvalue weighted by atomic mass is 16.4. The summed E-state index contributed by atoms with van der Waals surface area (Å²) in [5.74, 6) is -2.48. The van der Waals surface area contributed by atoms with Gasteiger partial charge < -0.3 is 21.1 Å². The summed E-state index contributed by atoms with van der Waals surface area (Å²) in [5, 5.41) is 19.4. The van der Waals surface area contributed by atoms with Crippen molar-refractivity contribution in [2.75, 3.05) is 11.4 Å². The molecule has 0 aliphatic carbocycles. The molecule has 0 saturated carbocycles. The molecule has 0 bridgehead atoms. The van der Waals surface area contributed by atoms with E-state index in [1.807, 2.05) is 0 Å². The Morgan fingerprint density at radius 3 is 2.54 bits per heavy atom. The highest BCUT2D eigenvalue weighted by molar-refractivity contribution is 5.99. The van der Waals surface area contributed by atoms with Crippen molar-refractivity contribution in [3.8, 4) is 0 Å². The lowest BCUT2D eigenvalue weighted by atomic mass is 9.92. The fraction of sp³-hybridized carbons (Fsp3) is 0.500. The monoisotopic (exact) mass is 388 g/mol. The van der Waals surface area contributed by atoms with Gasteiger partial charge >= 0.3 is 5.97 Å². The summed E-state index contributed by atoms with van der Waals surface area (Å²) in [6.07, 6.45) is 1.86. The van der Waals surface area contributed by atoms with E-state index in [-0.39, 0.29) is 24.1 Å². The summed E-state index contributed by atoms with van der Waals surface area (Å²) in [4.78, 5) is 38.1. The van der Waals surface area contributed by atoms with Crippen LogP contribution in [-0.4, -0.2) is 41.3 Å². The highest BCUT2D eigenvalue weighted by Crippen LogP contribution is 2.27. The third kappa shape index (κ3) is 5.09. The topological polar surface area (TPSA) is 137 Å². The Bertz CT molecular complexity index is 747. The molecule has 0 radical (unpaired) electrons. The van der Waals surface area contributed by atoms with Gasteiger partial charge in [-0.25, -0.2) is 0 Å². The van der Waals surface area contributed by atoms with Gasteiger partial charge in [0.1, 0.15) is 5.84 Å². The van der Waals surface area contributed by atoms with Crippen molar-refractivity contribution in [2.45, 2.75) is 45.6 Å². The van der Waals surface area contributed by atoms with Crippen molar-refractivity contribution in [1.82, 2.24) is 5.32 Å². The number of carboxylic acid groups (broad SMARTS) is 1. The molecule has 1 fully saturated rings. The minimum Gasteiger partial charge on any atom is -0.481 e. The molecule has 1 aliphatic rings. The van der Waals surface area contributed by atoms with E-state index in [9.17, 15) is 19.5 Å². The first-order chi connectivity index (χ1) is 13.2. The second kappa shape index (κ2) is 9.34. The van der Waals surface area contributed by atoms with Crippen LogP contribution in [0.4, 0.5) is 5.69 Å². The van der Waals surface area contributed by atoms with Gasteiger partial charge in [0.25, 0.3) is 0 Å². The Labute approximate surface area is 164 Å². The van der Waals surface area contributed by atoms with E-state index >= 15 is 0 Å². The summed E-state index contributed by atoms with van der Waals surface area (Å²) in [5.41, 5.74) is 6.76. The Hall–Kier alpha value is -2.90. The van der Waals surface area contributed by atoms with Crippen LogP contribution in [0.1, 0.15) is 45.1 Å². The zero-order valence-corrected chi connectivity index (χ0v) is 16.3. The lowest BCUT2D eigenvalue weighted by Crippen LogP contribution is -2.45. The molecule has 1 aromatic rings. The number of rotatable bonds is 8. The van der Waals surface area contributed by atoms with Crippen LogP contribution in [0.5, 0.6) is 0 Å². The number of anilines is 1. The van der Waals surface area contributed by atoms with Gasteiger partial charge in [0.15, 0.2) is 0 Å². The number of hydrogen-bond donors (Lipinski definition) is 4. The summed E-state index contributed by atoms with van der Waals surface area (Å²) in [6, 6.07) is 6.39. The average molecular weight is 388 g/mol. The van der Waals surface area contributed by atoms with E-state index in [0.29, 0.717) is 30.6 Å². The molecule has 1 heterocycles. The van der Waals surface area contributed by atoms with Gasteiger partial charge in [-0.1, -0.05) is 6.92 Å². The number of benzene rings is 1. The Kier molecular flexibility index (Phi) is 7.14. The fourth-order valence-corrected chi connectivity index (χ4v) is 3.60. The summed E-state index contributed by atoms with van der Waals surface area (Å²) < 4.78 is 0. The molecule has 1 aromatic carbocycles. The van der Waals surface area contributed by atoms with E-state index in [4.69, 9.17) is 11.1 Å². The number of nitrogens with zero attached hydrogens (tertiary/aromatic N) is 1. The highest BCUT2D eigenvalue weighted by Gasteiger charge is 2.32. The van der Waals surface area contributed by atoms with E-state index in [1.165, 1.54) is 0 Å². The van der Waals surface area contributed by atoms with Crippen LogP contribution >= 0.6 is 0 Å². The molecular weight excluding hydrogens is 360 g/mol. The van der Waals surface area contributed by atoms with Gasteiger partial charge in [0.2, 0.25) is 11.8 Å². The lowest BCUT2D eigenvalue weighted by molar-refractivity contribution is -0.143. The van der Waals surface area contributed by atoms with Gasteiger partial charge in [0, 0.05) is 36.2 Å². The SMILES string of the molecule is CCC(C(=O)O)C(C)NC(=O)C[C@@H]1CCCN(c2ccc(C(=N)N)cc2)C1=O. The number of amidine groups is 1. The Morgan fingerprint density at radius 1 is 1.36 bits per heavy atom. The van der Waals surface area contributed by atoms with Crippen molar-refractivity contribution in [3.05, 3.63) is 29.8 Å². The molecule has 152 valence electrons. The quantitative estimate of drug-likeness (QED) is 0.397. The smallest absolute Gasteiger partial charge is 0.308 e. The van der Waals surface area contributed by atoms with E-state index in [2.05, 4.69) is 5.32 Å². The number of carbonyl (C=O) groups excluding carboxylic acids is 2. The second-order valence-electron chi connectivity index (χ2n) is 7.20. The number of carbonyl (C=O) groups is 3. The number of amides is 2. The minimum absolute atomic E-state index is 0.0352. The summed E-state index contributed by atoms with van der Waals surface area (Å²) in [7, 11) is 0. The van der Waals surface area contributed by atoms with Crippen LogP contribution in [0.3, 0.4) is 0 Å². The van der Waals surface area contributed by atoms with Crippen LogP contribution < -0.4 is 16.0 Å². The molecule has 3 atom stereocenters. The molecule has 1 aliphatic heterocycles. The first-order valence-corrected chi connectivity index (χ1v) is 9.52. The maximum atomic E-state index is 12.8. The largest absolute Gasteiger partial charge is 0.481 e. The van der Waals surface area contributed by atoms with E-state index in [0.717, 1.165) is 6.42 Å². The predicted molar refractivity (Wildman–Crippen MR) is 106 cm³/mol. The predicted octanol–water partition coefficient (Wildman–Crippen LogP) is 1.72. The van der Waals surface area contributed by atoms with Crippen molar-refractivity contribution in [3.63, 3.8) is 0 Å². The average Bonchev–Trinajstić information content (AvgIpc) is 2.63. The third-order valence-electron chi connectivity index (χ3n) is 5.22. The summed E-state index contributed by atoms with van der Waals surface area (Å²) in [6.45, 7) is 4.01. The summed E-state index contributed by atoms with van der Waals surface area (Å²) >= 11 is 0. The Balaban J connectivity index is 2.00. The first-order valence-electron chi connectivity index (χ1n) is 9.52. The normalized spacial score (nSPS) is 19.0. The Morgan fingerprint density at radius 2 is 2.00 bits per heavy atom. The van der Waals surface area contributed by atoms with Crippen molar-refractivity contribution in [2.24, 2.45) is 17.6 Å². The molecular formula is C20H28N4O4. The number of aliphatic carboxylic acids is 1. The second-order valence-corrected chi connectivity index (χ2v) is 7.20. The standard InChI is InChI=1S/C20H28N4O4/c1-3-16(20(27)28)12(2)23-17(25)11-14-5-4-10-24(19(14)26)15-8-6-13(7-9-15)18(21)22/h6-9,12,14,16H,3-5,10-11H2,1-2H3,(H3,21,22)(H,23,25)(H,27,28)/t12?,14-,16?/m0/s1. The number of nitrogens with one attached hydrogen (secondary N) is 2. The number of carboxylic acids is 1. The molecule has 8 heteroatoms. The zero-order valence-electron chi connectivity index (χ0n) is 16.3. The van der Waals surface area contributed by atoms with Crippen LogP contribution in [0.25, 0.3) is 0 Å². The molecule has 0 aromatic heterocycles. The van der Waals surface area contributed by atoms with Gasteiger partial charge in [-0.05, 0) is 50.5 Å². The van der Waals surface area contributed by atoms with Crippen LogP contribution in [-0.2, 0) is 14.4 Å². The van der Waals surface area contributed by atoms with Gasteiger partial charge in [-0.15, -0.1) is 0 Å². The molecule has 2 unspecified atom stereocenters. The van der Waals surface area contributed by atoms with E-state index in [1.54, 1.807) is 43.0 Å². The van der Waals surface area contributed by atoms with E-state index < -0.39 is 23.8 Å². The molecule has 1 saturated heterocycles. The number of nitrogens with two attached hydrogens (primary N) is 1. The number of hydrogen-bond acceptors (Lipinski definition) is 4. The van der Waals surface area contributed by atoms with Gasteiger partial charge in [-0.3, -0.25) is 19.8 Å². The van der Waals surface area contributed by atoms with Crippen molar-refractivity contribution >= 4 is 29.3 Å². The molecule has 2 amide bonds. The lowest BCUT2D eigenvalue weighted by Gasteiger charge is -2.32. The molecule has 8 nitrogen and oxygen atoms in total. The third-order valence-corrected chi connectivity index (χ3v) is 5.22. The molecule has 28 heavy (non-hydrogen) atoms. The van der Waals surface area contributed by atoms with Gasteiger partial charge in [-0.2, -0.15) is 0 Å². The maximum absolute atomic E-state index is 12.8. The first kappa shape index (κ1) is 21.4. The molecule has 2 rings (SSSR count). The van der Waals surface area contributed by atoms with Crippen molar-refractivity contribution in [1.29, 1.82) is 5.41 Å². The number of nitrogen functional groups attached to an aromatic ring is 1. The van der Waals surface area contributed by atoms with Crippen LogP contribution in [0.15, 0.2) is 24.3 Å². The fourth-order valence-electron chi connectivity index (χ4n) is 3.60. The molecule has 0 spiro atoms. The molecule has 5 N–H and O–H groups in total.